The number of piperazine rings is 1. The average molecular weight is 397 g/mol. The van der Waals surface area contributed by atoms with Crippen LogP contribution < -0.4 is 15.0 Å². The number of anilines is 1. The fourth-order valence-corrected chi connectivity index (χ4v) is 3.62. The molecule has 1 aromatic rings. The van der Waals surface area contributed by atoms with Crippen LogP contribution in [0, 0.1) is 6.92 Å². The van der Waals surface area contributed by atoms with Crippen molar-refractivity contribution >= 4 is 23.3 Å². The first-order valence-corrected chi connectivity index (χ1v) is 9.88. The number of nitrogens with zero attached hydrogens (tertiary/aromatic N) is 3. The molecule has 0 radical (unpaired) electrons. The Kier molecular flexibility index (Phi) is 7.04. The fraction of sp³-hybridized carbons (Fsp3) is 0.632. The minimum atomic E-state index is 0.0159. The number of urea groups is 1. The lowest BCUT2D eigenvalue weighted by Gasteiger charge is -2.37. The van der Waals surface area contributed by atoms with E-state index in [9.17, 15) is 4.79 Å². The number of morpholine rings is 1. The van der Waals surface area contributed by atoms with Crippen molar-refractivity contribution in [2.45, 2.75) is 6.92 Å². The molecule has 8 heteroatoms. The van der Waals surface area contributed by atoms with Crippen LogP contribution in [0.15, 0.2) is 12.1 Å². The summed E-state index contributed by atoms with van der Waals surface area (Å²) in [5.41, 5.74) is 2.06. The van der Waals surface area contributed by atoms with E-state index in [1.807, 2.05) is 17.9 Å². The van der Waals surface area contributed by atoms with Crippen molar-refractivity contribution in [3.05, 3.63) is 22.7 Å². The summed E-state index contributed by atoms with van der Waals surface area (Å²) < 4.78 is 10.8. The normalized spacial score (nSPS) is 18.5. The number of amides is 2. The van der Waals surface area contributed by atoms with Crippen LogP contribution in [0.4, 0.5) is 10.5 Å². The molecule has 0 atom stereocenters. The number of methoxy groups -OCH3 is 1. The summed E-state index contributed by atoms with van der Waals surface area (Å²) in [5.74, 6) is 0.772. The van der Waals surface area contributed by atoms with E-state index in [1.165, 1.54) is 0 Å². The van der Waals surface area contributed by atoms with E-state index in [2.05, 4.69) is 21.2 Å². The van der Waals surface area contributed by atoms with Gasteiger partial charge in [-0.1, -0.05) is 11.6 Å². The van der Waals surface area contributed by atoms with Gasteiger partial charge in [0.15, 0.2) is 0 Å². The summed E-state index contributed by atoms with van der Waals surface area (Å²) in [5, 5.41) is 3.74. The number of carbonyl (C=O) groups is 1. The predicted molar refractivity (Wildman–Crippen MR) is 107 cm³/mol. The molecule has 0 aromatic heterocycles. The molecule has 0 saturated carbocycles. The third-order valence-electron chi connectivity index (χ3n) is 5.18. The summed E-state index contributed by atoms with van der Waals surface area (Å²) in [4.78, 5) is 18.9. The Morgan fingerprint density at radius 3 is 2.56 bits per heavy atom. The largest absolute Gasteiger partial charge is 0.495 e. The molecular formula is C19H29ClN4O3. The first-order chi connectivity index (χ1) is 13.1. The number of nitrogens with one attached hydrogen (secondary N) is 1. The number of aryl methyl sites for hydroxylation is 1. The summed E-state index contributed by atoms with van der Waals surface area (Å²) in [7, 11) is 1.66. The van der Waals surface area contributed by atoms with Crippen LogP contribution >= 0.6 is 11.6 Å². The second-order valence-corrected chi connectivity index (χ2v) is 7.34. The lowest BCUT2D eigenvalue weighted by Crippen LogP contribution is -2.53. The van der Waals surface area contributed by atoms with Gasteiger partial charge in [-0.05, 0) is 18.6 Å². The minimum absolute atomic E-state index is 0.0159. The number of hydrogen-bond acceptors (Lipinski definition) is 5. The van der Waals surface area contributed by atoms with Gasteiger partial charge in [-0.25, -0.2) is 4.79 Å². The molecule has 2 fully saturated rings. The maximum Gasteiger partial charge on any atom is 0.317 e. The van der Waals surface area contributed by atoms with Gasteiger partial charge < -0.3 is 24.6 Å². The van der Waals surface area contributed by atoms with Crippen LogP contribution in [0.3, 0.4) is 0 Å². The molecule has 0 bridgehead atoms. The molecule has 2 heterocycles. The number of halogens is 1. The van der Waals surface area contributed by atoms with Crippen LogP contribution in [-0.4, -0.2) is 88.5 Å². The summed E-state index contributed by atoms with van der Waals surface area (Å²) in [6, 6.07) is 3.93. The molecule has 0 spiro atoms. The van der Waals surface area contributed by atoms with E-state index in [4.69, 9.17) is 21.1 Å². The Labute approximate surface area is 166 Å². The molecule has 0 aliphatic carbocycles. The lowest BCUT2D eigenvalue weighted by molar-refractivity contribution is 0.0386. The van der Waals surface area contributed by atoms with Gasteiger partial charge >= 0.3 is 6.03 Å². The molecular weight excluding hydrogens is 368 g/mol. The van der Waals surface area contributed by atoms with Crippen molar-refractivity contribution in [3.8, 4) is 5.75 Å². The van der Waals surface area contributed by atoms with Crippen LogP contribution in [0.25, 0.3) is 0 Å². The highest BCUT2D eigenvalue weighted by Crippen LogP contribution is 2.34. The zero-order chi connectivity index (χ0) is 19.2. The van der Waals surface area contributed by atoms with Crippen LogP contribution in [0.5, 0.6) is 5.75 Å². The van der Waals surface area contributed by atoms with Crippen molar-refractivity contribution in [1.29, 1.82) is 0 Å². The van der Waals surface area contributed by atoms with Crippen LogP contribution in [0.2, 0.25) is 5.02 Å². The Bertz CT molecular complexity index is 644. The first-order valence-electron chi connectivity index (χ1n) is 9.50. The lowest BCUT2D eigenvalue weighted by atomic mass is 10.1. The van der Waals surface area contributed by atoms with Crippen LogP contribution in [-0.2, 0) is 4.74 Å². The Hall–Kier alpha value is -1.70. The molecule has 2 saturated heterocycles. The van der Waals surface area contributed by atoms with E-state index < -0.39 is 0 Å². The molecule has 7 nitrogen and oxygen atoms in total. The first kappa shape index (κ1) is 20.0. The molecule has 27 heavy (non-hydrogen) atoms. The van der Waals surface area contributed by atoms with Gasteiger partial charge in [0.05, 0.1) is 26.0 Å². The second-order valence-electron chi connectivity index (χ2n) is 6.93. The van der Waals surface area contributed by atoms with Gasteiger partial charge in [-0.2, -0.15) is 0 Å². The summed E-state index contributed by atoms with van der Waals surface area (Å²) >= 11 is 6.20. The molecule has 0 unspecified atom stereocenters. The van der Waals surface area contributed by atoms with E-state index in [-0.39, 0.29) is 6.03 Å². The van der Waals surface area contributed by atoms with Crippen molar-refractivity contribution in [2.75, 3.05) is 77.6 Å². The van der Waals surface area contributed by atoms with E-state index in [0.717, 1.165) is 62.9 Å². The Morgan fingerprint density at radius 1 is 1.19 bits per heavy atom. The average Bonchev–Trinajstić information content (AvgIpc) is 2.70. The topological polar surface area (TPSA) is 57.3 Å². The minimum Gasteiger partial charge on any atom is -0.495 e. The molecule has 3 rings (SSSR count). The number of carbonyl (C=O) groups excluding carboxylic acids is 1. The van der Waals surface area contributed by atoms with E-state index in [1.54, 1.807) is 7.11 Å². The Morgan fingerprint density at radius 2 is 1.89 bits per heavy atom. The number of rotatable bonds is 5. The van der Waals surface area contributed by atoms with Gasteiger partial charge in [0.25, 0.3) is 0 Å². The predicted octanol–water partition coefficient (Wildman–Crippen LogP) is 1.82. The van der Waals surface area contributed by atoms with Gasteiger partial charge in [0.1, 0.15) is 5.75 Å². The second kappa shape index (κ2) is 9.48. The summed E-state index contributed by atoms with van der Waals surface area (Å²) in [6.45, 7) is 9.90. The highest BCUT2D eigenvalue weighted by Gasteiger charge is 2.23. The summed E-state index contributed by atoms with van der Waals surface area (Å²) in [6.07, 6.45) is 0. The molecule has 2 aliphatic heterocycles. The highest BCUT2D eigenvalue weighted by atomic mass is 35.5. The third-order valence-corrected chi connectivity index (χ3v) is 5.58. The third kappa shape index (κ3) is 5.18. The quantitative estimate of drug-likeness (QED) is 0.822. The Balaban J connectivity index is 1.47. The van der Waals surface area contributed by atoms with E-state index >= 15 is 0 Å². The van der Waals surface area contributed by atoms with Gasteiger partial charge in [0, 0.05) is 63.4 Å². The molecule has 1 aromatic carbocycles. The maximum absolute atomic E-state index is 12.4. The number of benzene rings is 1. The molecule has 2 amide bonds. The fourth-order valence-electron chi connectivity index (χ4n) is 3.47. The number of hydrogen-bond donors (Lipinski definition) is 1. The van der Waals surface area contributed by atoms with Gasteiger partial charge in [-0.3, -0.25) is 4.90 Å². The highest BCUT2D eigenvalue weighted by molar-refractivity contribution is 6.31. The smallest absolute Gasteiger partial charge is 0.317 e. The monoisotopic (exact) mass is 396 g/mol. The van der Waals surface area contributed by atoms with Crippen molar-refractivity contribution in [1.82, 2.24) is 15.1 Å². The SMILES string of the molecule is COc1cc(Cl)c(C)cc1N1CCN(C(=O)NCCN2CCOCC2)CC1. The van der Waals surface area contributed by atoms with Crippen molar-refractivity contribution < 1.29 is 14.3 Å². The van der Waals surface area contributed by atoms with E-state index in [0.29, 0.717) is 24.7 Å². The zero-order valence-electron chi connectivity index (χ0n) is 16.2. The maximum atomic E-state index is 12.4. The number of ether oxygens (including phenoxy) is 2. The van der Waals surface area contributed by atoms with Crippen molar-refractivity contribution in [2.24, 2.45) is 0 Å². The van der Waals surface area contributed by atoms with Gasteiger partial charge in [-0.15, -0.1) is 0 Å². The van der Waals surface area contributed by atoms with Gasteiger partial charge in [0.2, 0.25) is 0 Å². The standard InChI is InChI=1S/C19H29ClN4O3/c1-15-13-17(18(26-2)14-16(15)20)23-5-7-24(8-6-23)19(25)21-3-4-22-9-11-27-12-10-22/h13-14H,3-12H2,1-2H3,(H,21,25). The molecule has 150 valence electrons. The zero-order valence-corrected chi connectivity index (χ0v) is 16.9. The van der Waals surface area contributed by atoms with Crippen LogP contribution in [0.1, 0.15) is 5.56 Å². The molecule has 1 N–H and O–H groups in total. The molecule has 2 aliphatic rings. The van der Waals surface area contributed by atoms with Crippen molar-refractivity contribution in [3.63, 3.8) is 0 Å².